The maximum Gasteiger partial charge on any atom is 0.339 e. The predicted molar refractivity (Wildman–Crippen MR) is 172 cm³/mol. The lowest BCUT2D eigenvalue weighted by atomic mass is 9.98. The summed E-state index contributed by atoms with van der Waals surface area (Å²) in [5.41, 5.74) is -13.5. The summed E-state index contributed by atoms with van der Waals surface area (Å²) in [6.45, 7) is -2.77. The van der Waals surface area contributed by atoms with Gasteiger partial charge in [-0.2, -0.15) is 0 Å². The number of hydrogen-bond donors (Lipinski definition) is 9. The summed E-state index contributed by atoms with van der Waals surface area (Å²) >= 11 is 0. The van der Waals surface area contributed by atoms with Gasteiger partial charge in [0.1, 0.15) is 13.2 Å². The van der Waals surface area contributed by atoms with Crippen LogP contribution in [0, 0.1) is 0 Å². The quantitative estimate of drug-likeness (QED) is 0.0684. The number of hydrogen-bond acceptors (Lipinski definition) is 15. The highest BCUT2D eigenvalue weighted by Gasteiger charge is 2.32. The molecule has 0 aliphatic heterocycles. The topological polar surface area (TPSA) is 415 Å². The summed E-state index contributed by atoms with van der Waals surface area (Å²) in [6, 6.07) is 1.70. The molecule has 24 heteroatoms. The van der Waals surface area contributed by atoms with Crippen molar-refractivity contribution in [2.45, 2.75) is 6.10 Å². The number of benzene rings is 3. The van der Waals surface area contributed by atoms with Crippen LogP contribution in [0.25, 0.3) is 0 Å². The van der Waals surface area contributed by atoms with Gasteiger partial charge in [-0.05, 0) is 36.4 Å². The molecule has 0 spiro atoms. The molecular weight excluding hydrogens is 780 g/mol. The van der Waals surface area contributed by atoms with Crippen LogP contribution in [0.15, 0.2) is 36.4 Å². The highest BCUT2D eigenvalue weighted by atomic mass is 16.6. The second-order valence-corrected chi connectivity index (χ2v) is 10.8. The molecule has 3 aromatic carbocycles. The lowest BCUT2D eigenvalue weighted by Gasteiger charge is -2.20. The van der Waals surface area contributed by atoms with E-state index in [9.17, 15) is 103 Å². The first kappa shape index (κ1) is 42.7. The van der Waals surface area contributed by atoms with Crippen LogP contribution in [0.4, 0.5) is 0 Å². The largest absolute Gasteiger partial charge is 0.478 e. The van der Waals surface area contributed by atoms with Gasteiger partial charge in [-0.25, -0.2) is 57.5 Å². The Balaban J connectivity index is 2.13. The van der Waals surface area contributed by atoms with E-state index in [2.05, 4.69) is 0 Å². The van der Waals surface area contributed by atoms with Crippen molar-refractivity contribution in [3.63, 3.8) is 0 Å². The van der Waals surface area contributed by atoms with Gasteiger partial charge < -0.3 is 60.2 Å². The van der Waals surface area contributed by atoms with Crippen molar-refractivity contribution in [1.82, 2.24) is 0 Å². The molecule has 0 bridgehead atoms. The van der Waals surface area contributed by atoms with Crippen LogP contribution < -0.4 is 0 Å². The third-order valence-corrected chi connectivity index (χ3v) is 7.28. The number of esters is 3. The Morgan fingerprint density at radius 3 is 0.702 bits per heavy atom. The molecule has 0 heterocycles. The molecule has 0 aliphatic carbocycles. The number of rotatable bonds is 17. The first-order valence-corrected chi connectivity index (χ1v) is 14.7. The van der Waals surface area contributed by atoms with E-state index in [-0.39, 0.29) is 12.1 Å². The van der Waals surface area contributed by atoms with Gasteiger partial charge in [-0.15, -0.1) is 0 Å². The second kappa shape index (κ2) is 17.0. The zero-order valence-electron chi connectivity index (χ0n) is 27.6. The third kappa shape index (κ3) is 9.46. The van der Waals surface area contributed by atoms with E-state index in [1.807, 2.05) is 0 Å². The van der Waals surface area contributed by atoms with Crippen LogP contribution in [0.5, 0.6) is 0 Å². The van der Waals surface area contributed by atoms with Gasteiger partial charge in [0.25, 0.3) is 0 Å². The van der Waals surface area contributed by atoms with E-state index < -0.39 is 158 Å². The lowest BCUT2D eigenvalue weighted by Crippen LogP contribution is -2.32. The molecule has 0 aromatic heterocycles. The monoisotopic (exact) mass is 800 g/mol. The molecule has 24 nitrogen and oxygen atoms in total. The van der Waals surface area contributed by atoms with E-state index in [1.54, 1.807) is 0 Å². The fraction of sp³-hybridized carbons (Fsp3) is 0.0909. The standard InChI is InChI=1S/C33H20O24/c34-22(35)10-1-16(28(46)47)19(4-13(10)25(40)41)31(52)55-7-9(57-33(54)21-6-15(27(44)45)12(24(38)39)3-18(21)30(50)51)8-56-32(53)20-5-14(26(42)43)11(23(36)37)2-17(20)29(48)49/h1-6,9H,7-8H2,(H,34,35)(H,36,37)(H,38,39)(H,40,41)(H,42,43)(H,44,45)(H,46,47)(H,48,49)(H,50,51). The molecule has 57 heavy (non-hydrogen) atoms. The zero-order chi connectivity index (χ0) is 43.2. The van der Waals surface area contributed by atoms with E-state index in [0.29, 0.717) is 24.3 Å². The summed E-state index contributed by atoms with van der Waals surface area (Å²) in [7, 11) is 0. The molecule has 0 fully saturated rings. The van der Waals surface area contributed by atoms with E-state index in [1.165, 1.54) is 0 Å². The number of aromatic carboxylic acids is 9. The van der Waals surface area contributed by atoms with Gasteiger partial charge in [0, 0.05) is 0 Å². The Bertz CT molecular complexity index is 2240. The fourth-order valence-corrected chi connectivity index (χ4v) is 4.72. The number of carboxylic acids is 9. The minimum Gasteiger partial charge on any atom is -0.478 e. The molecule has 9 N–H and O–H groups in total. The molecule has 0 unspecified atom stereocenters. The lowest BCUT2D eigenvalue weighted by molar-refractivity contribution is -0.0255. The number of carboxylic acid groups (broad SMARTS) is 9. The van der Waals surface area contributed by atoms with Crippen LogP contribution >= 0.6 is 0 Å². The van der Waals surface area contributed by atoms with Crippen LogP contribution in [0.1, 0.15) is 124 Å². The molecule has 0 saturated heterocycles. The van der Waals surface area contributed by atoms with Crippen molar-refractivity contribution >= 4 is 71.6 Å². The smallest absolute Gasteiger partial charge is 0.339 e. The predicted octanol–water partition coefficient (Wildman–Crippen LogP) is 1.21. The molecule has 0 amide bonds. The van der Waals surface area contributed by atoms with Crippen molar-refractivity contribution in [2.75, 3.05) is 13.2 Å². The molecular formula is C33H20O24. The first-order valence-electron chi connectivity index (χ1n) is 14.7. The minimum absolute atomic E-state index is 0.264. The van der Waals surface area contributed by atoms with Crippen LogP contribution in [-0.2, 0) is 14.2 Å². The summed E-state index contributed by atoms with van der Waals surface area (Å²) in [5.74, 6) is -23.1. The Morgan fingerprint density at radius 2 is 0.491 bits per heavy atom. The maximum atomic E-state index is 13.3. The highest BCUT2D eigenvalue weighted by molar-refractivity contribution is 6.12. The number of ether oxygens (including phenoxy) is 3. The SMILES string of the molecule is O=C(O)c1cc(C(=O)O)c(C(=O)OCC(COC(=O)c2cc(C(=O)O)c(C(=O)O)cc2C(=O)O)OC(=O)c2cc(C(=O)O)c(C(=O)O)cc2C(=O)O)cc1C(=O)O. The summed E-state index contributed by atoms with van der Waals surface area (Å²) in [6.07, 6.45) is -2.23. The van der Waals surface area contributed by atoms with E-state index in [4.69, 9.17) is 14.2 Å². The Kier molecular flexibility index (Phi) is 12.7. The van der Waals surface area contributed by atoms with Crippen LogP contribution in [-0.4, -0.2) is 137 Å². The highest BCUT2D eigenvalue weighted by Crippen LogP contribution is 2.24. The Morgan fingerprint density at radius 1 is 0.316 bits per heavy atom. The van der Waals surface area contributed by atoms with E-state index in [0.717, 1.165) is 0 Å². The van der Waals surface area contributed by atoms with Crippen molar-refractivity contribution in [3.8, 4) is 0 Å². The first-order chi connectivity index (χ1) is 26.5. The van der Waals surface area contributed by atoms with Gasteiger partial charge in [0.2, 0.25) is 0 Å². The summed E-state index contributed by atoms with van der Waals surface area (Å²) in [5, 5.41) is 85.0. The van der Waals surface area contributed by atoms with Crippen molar-refractivity contribution in [1.29, 1.82) is 0 Å². The minimum atomic E-state index is -2.23. The molecule has 0 aliphatic rings. The molecule has 3 aromatic rings. The van der Waals surface area contributed by atoms with Gasteiger partial charge in [0.05, 0.1) is 66.8 Å². The van der Waals surface area contributed by atoms with Crippen molar-refractivity contribution in [2.24, 2.45) is 0 Å². The van der Waals surface area contributed by atoms with Gasteiger partial charge in [0.15, 0.2) is 6.10 Å². The third-order valence-electron chi connectivity index (χ3n) is 7.28. The van der Waals surface area contributed by atoms with Gasteiger partial charge in [-0.3, -0.25) is 0 Å². The van der Waals surface area contributed by atoms with E-state index >= 15 is 0 Å². The van der Waals surface area contributed by atoms with Gasteiger partial charge >= 0.3 is 71.6 Å². The molecule has 3 rings (SSSR count). The second-order valence-electron chi connectivity index (χ2n) is 10.8. The Labute approximate surface area is 311 Å². The molecule has 296 valence electrons. The molecule has 0 saturated carbocycles. The summed E-state index contributed by atoms with van der Waals surface area (Å²) < 4.78 is 14.8. The normalized spacial score (nSPS) is 10.5. The number of carbonyl (C=O) groups is 12. The zero-order valence-corrected chi connectivity index (χ0v) is 27.6. The molecule has 0 atom stereocenters. The fourth-order valence-electron chi connectivity index (χ4n) is 4.72. The van der Waals surface area contributed by atoms with Gasteiger partial charge in [-0.1, -0.05) is 0 Å². The average molecular weight is 800 g/mol. The van der Waals surface area contributed by atoms with Crippen LogP contribution in [0.2, 0.25) is 0 Å². The maximum absolute atomic E-state index is 13.3. The van der Waals surface area contributed by atoms with Crippen LogP contribution in [0.3, 0.4) is 0 Å². The van der Waals surface area contributed by atoms with Crippen molar-refractivity contribution in [3.05, 3.63) is 103 Å². The average Bonchev–Trinajstić information content (AvgIpc) is 3.13. The van der Waals surface area contributed by atoms with Crippen molar-refractivity contribution < 1.29 is 118 Å². The number of carbonyl (C=O) groups excluding carboxylic acids is 3. The Hall–Kier alpha value is -8.70. The summed E-state index contributed by atoms with van der Waals surface area (Å²) in [4.78, 5) is 145. The molecule has 0 radical (unpaired) electrons.